The van der Waals surface area contributed by atoms with Gasteiger partial charge < -0.3 is 29.0 Å². The molecule has 1 N–H and O–H groups in total. The summed E-state index contributed by atoms with van der Waals surface area (Å²) in [6, 6.07) is 8.05. The molecule has 0 spiro atoms. The first-order chi connectivity index (χ1) is 13.6. The number of fused-ring (bicyclic) bond motifs is 1. The molecule has 0 radical (unpaired) electrons. The van der Waals surface area contributed by atoms with Crippen molar-refractivity contribution in [1.29, 1.82) is 0 Å². The van der Waals surface area contributed by atoms with Crippen molar-refractivity contribution in [3.8, 4) is 28.7 Å². The molecule has 1 aliphatic heterocycles. The second-order valence-corrected chi connectivity index (χ2v) is 6.73. The maximum Gasteiger partial charge on any atom is 0.203 e. The molecule has 1 unspecified atom stereocenters. The first-order valence-electron chi connectivity index (χ1n) is 9.55. The van der Waals surface area contributed by atoms with Crippen LogP contribution in [0.4, 0.5) is 0 Å². The summed E-state index contributed by atoms with van der Waals surface area (Å²) in [7, 11) is 4.85. The van der Waals surface area contributed by atoms with Gasteiger partial charge in [0.05, 0.1) is 27.9 Å². The van der Waals surface area contributed by atoms with Crippen LogP contribution < -0.4 is 29.0 Å². The van der Waals surface area contributed by atoms with E-state index in [4.69, 9.17) is 23.7 Å². The topological polar surface area (TPSA) is 58.2 Å². The molecule has 152 valence electrons. The minimum absolute atomic E-state index is 0.212. The highest BCUT2D eigenvalue weighted by Gasteiger charge is 2.22. The van der Waals surface area contributed by atoms with Crippen molar-refractivity contribution in [2.45, 2.75) is 39.5 Å². The van der Waals surface area contributed by atoms with Crippen molar-refractivity contribution in [1.82, 2.24) is 5.32 Å². The molecule has 6 nitrogen and oxygen atoms in total. The molecule has 0 saturated heterocycles. The molecule has 3 rings (SSSR count). The van der Waals surface area contributed by atoms with Crippen molar-refractivity contribution in [2.75, 3.05) is 27.9 Å². The lowest BCUT2D eigenvalue weighted by atomic mass is 10.1. The van der Waals surface area contributed by atoms with E-state index in [-0.39, 0.29) is 6.10 Å². The zero-order valence-corrected chi connectivity index (χ0v) is 17.3. The Hall–Kier alpha value is -2.60. The molecule has 0 aromatic heterocycles. The molecule has 0 amide bonds. The molecule has 6 heteroatoms. The van der Waals surface area contributed by atoms with Crippen LogP contribution in [0.1, 0.15) is 30.5 Å². The van der Waals surface area contributed by atoms with Crippen molar-refractivity contribution in [3.05, 3.63) is 41.0 Å². The van der Waals surface area contributed by atoms with Crippen LogP contribution in [0.25, 0.3) is 0 Å². The molecule has 0 fully saturated rings. The van der Waals surface area contributed by atoms with Crippen LogP contribution in [0.2, 0.25) is 0 Å². The fraction of sp³-hybridized carbons (Fsp3) is 0.455. The molecule has 1 heterocycles. The number of nitrogens with one attached hydrogen (secondary N) is 1. The Morgan fingerprint density at radius 3 is 2.39 bits per heavy atom. The van der Waals surface area contributed by atoms with E-state index in [0.717, 1.165) is 29.0 Å². The molecular formula is C22H29NO5. The molecule has 2 aromatic carbocycles. The van der Waals surface area contributed by atoms with Crippen molar-refractivity contribution < 1.29 is 23.7 Å². The average molecular weight is 387 g/mol. The monoisotopic (exact) mass is 387 g/mol. The number of hydrogen-bond acceptors (Lipinski definition) is 6. The second-order valence-electron chi connectivity index (χ2n) is 6.73. The summed E-state index contributed by atoms with van der Waals surface area (Å²) in [5.74, 6) is 3.78. The quantitative estimate of drug-likeness (QED) is 0.708. The number of hydrogen-bond donors (Lipinski definition) is 1. The van der Waals surface area contributed by atoms with Crippen LogP contribution in [0.15, 0.2) is 24.3 Å². The van der Waals surface area contributed by atoms with E-state index in [2.05, 4.69) is 24.4 Å². The van der Waals surface area contributed by atoms with Gasteiger partial charge in [0.1, 0.15) is 17.6 Å². The zero-order chi connectivity index (χ0) is 20.1. The van der Waals surface area contributed by atoms with Gasteiger partial charge in [-0.25, -0.2) is 0 Å². The highest BCUT2D eigenvalue weighted by Crippen LogP contribution is 2.40. The molecule has 0 bridgehead atoms. The van der Waals surface area contributed by atoms with Gasteiger partial charge in [0.15, 0.2) is 11.5 Å². The van der Waals surface area contributed by atoms with Gasteiger partial charge in [0.25, 0.3) is 0 Å². The lowest BCUT2D eigenvalue weighted by Gasteiger charge is -2.17. The van der Waals surface area contributed by atoms with E-state index in [1.807, 2.05) is 19.1 Å². The Balaban J connectivity index is 1.76. The second kappa shape index (κ2) is 9.06. The zero-order valence-electron chi connectivity index (χ0n) is 17.3. The third kappa shape index (κ3) is 4.12. The van der Waals surface area contributed by atoms with Gasteiger partial charge in [0.2, 0.25) is 5.75 Å². The minimum Gasteiger partial charge on any atom is -0.494 e. The van der Waals surface area contributed by atoms with Crippen LogP contribution in [0, 0.1) is 0 Å². The fourth-order valence-corrected chi connectivity index (χ4v) is 3.54. The Kier molecular flexibility index (Phi) is 6.52. The van der Waals surface area contributed by atoms with E-state index in [1.54, 1.807) is 21.3 Å². The summed E-state index contributed by atoms with van der Waals surface area (Å²) >= 11 is 0. The van der Waals surface area contributed by atoms with E-state index in [1.165, 1.54) is 5.56 Å². The van der Waals surface area contributed by atoms with Crippen molar-refractivity contribution in [3.63, 3.8) is 0 Å². The van der Waals surface area contributed by atoms with Gasteiger partial charge in [-0.2, -0.15) is 0 Å². The molecule has 1 atom stereocenters. The van der Waals surface area contributed by atoms with Crippen LogP contribution in [0.3, 0.4) is 0 Å². The van der Waals surface area contributed by atoms with Crippen LogP contribution in [0.5, 0.6) is 28.7 Å². The Morgan fingerprint density at radius 1 is 0.964 bits per heavy atom. The summed E-state index contributed by atoms with van der Waals surface area (Å²) in [5.41, 5.74) is 3.28. The smallest absolute Gasteiger partial charge is 0.203 e. The summed E-state index contributed by atoms with van der Waals surface area (Å²) < 4.78 is 28.1. The van der Waals surface area contributed by atoms with Gasteiger partial charge in [-0.15, -0.1) is 0 Å². The molecule has 0 aliphatic carbocycles. The Morgan fingerprint density at radius 2 is 1.71 bits per heavy atom. The number of benzene rings is 2. The summed E-state index contributed by atoms with van der Waals surface area (Å²) in [5, 5.41) is 3.47. The highest BCUT2D eigenvalue weighted by atomic mass is 16.5. The van der Waals surface area contributed by atoms with Crippen molar-refractivity contribution in [2.24, 2.45) is 0 Å². The first kappa shape index (κ1) is 20.1. The standard InChI is InChI=1S/C22H29NO5/c1-6-27-19-10-16-9-14(2)28-20(16)11-17(19)13-23-12-15-7-8-18(24-3)22(26-5)21(15)25-4/h7-8,10-11,14,23H,6,9,12-13H2,1-5H3. The molecule has 0 saturated carbocycles. The van der Waals surface area contributed by atoms with E-state index >= 15 is 0 Å². The SMILES string of the molecule is CCOc1cc2c(cc1CNCc1ccc(OC)c(OC)c1OC)OC(C)C2. The van der Waals surface area contributed by atoms with Crippen LogP contribution in [-0.2, 0) is 19.5 Å². The van der Waals surface area contributed by atoms with Crippen LogP contribution >= 0.6 is 0 Å². The molecule has 28 heavy (non-hydrogen) atoms. The largest absolute Gasteiger partial charge is 0.494 e. The Labute approximate surface area is 166 Å². The maximum atomic E-state index is 5.90. The third-order valence-corrected chi connectivity index (χ3v) is 4.80. The van der Waals surface area contributed by atoms with E-state index < -0.39 is 0 Å². The summed E-state index contributed by atoms with van der Waals surface area (Å²) in [4.78, 5) is 0. The first-order valence-corrected chi connectivity index (χ1v) is 9.55. The number of ether oxygens (including phenoxy) is 5. The number of rotatable bonds is 9. The van der Waals surface area contributed by atoms with Gasteiger partial charge in [-0.3, -0.25) is 0 Å². The number of methoxy groups -OCH3 is 3. The van der Waals surface area contributed by atoms with E-state index in [0.29, 0.717) is 36.9 Å². The van der Waals surface area contributed by atoms with Gasteiger partial charge in [0, 0.05) is 36.2 Å². The predicted molar refractivity (Wildman–Crippen MR) is 108 cm³/mol. The highest BCUT2D eigenvalue weighted by molar-refractivity contribution is 5.56. The van der Waals surface area contributed by atoms with Gasteiger partial charge in [-0.1, -0.05) is 6.07 Å². The summed E-state index contributed by atoms with van der Waals surface area (Å²) in [6.45, 7) is 5.98. The summed E-state index contributed by atoms with van der Waals surface area (Å²) in [6.07, 6.45) is 1.13. The maximum absolute atomic E-state index is 5.90. The Bertz CT molecular complexity index is 821. The molecule has 2 aromatic rings. The lowest BCUT2D eigenvalue weighted by molar-refractivity contribution is 0.254. The lowest BCUT2D eigenvalue weighted by Crippen LogP contribution is -2.15. The normalized spacial score (nSPS) is 15.0. The minimum atomic E-state index is 0.212. The fourth-order valence-electron chi connectivity index (χ4n) is 3.54. The van der Waals surface area contributed by atoms with Gasteiger partial charge >= 0.3 is 0 Å². The molecule has 1 aliphatic rings. The van der Waals surface area contributed by atoms with Gasteiger partial charge in [-0.05, 0) is 32.0 Å². The van der Waals surface area contributed by atoms with Crippen LogP contribution in [-0.4, -0.2) is 34.0 Å². The van der Waals surface area contributed by atoms with E-state index in [9.17, 15) is 0 Å². The average Bonchev–Trinajstić information content (AvgIpc) is 3.06. The molecular weight excluding hydrogens is 358 g/mol. The van der Waals surface area contributed by atoms with Crippen molar-refractivity contribution >= 4 is 0 Å². The third-order valence-electron chi connectivity index (χ3n) is 4.80. The predicted octanol–water partition coefficient (Wildman–Crippen LogP) is 3.72.